The first-order valence-corrected chi connectivity index (χ1v) is 20.6. The molecule has 0 aromatic heterocycles. The Hall–Kier alpha value is -3.31. The molecule has 2 aliphatic rings. The van der Waals surface area contributed by atoms with Gasteiger partial charge in [0, 0.05) is 0 Å². The second-order valence-electron chi connectivity index (χ2n) is 16.7. The van der Waals surface area contributed by atoms with Crippen molar-refractivity contribution in [3.63, 3.8) is 0 Å². The second-order valence-corrected chi connectivity index (χ2v) is 16.7. The third-order valence-corrected chi connectivity index (χ3v) is 9.19. The molecule has 0 nitrogen and oxygen atoms in total. The van der Waals surface area contributed by atoms with Crippen LogP contribution in [0.25, 0.3) is 11.1 Å². The quantitative estimate of drug-likeness (QED) is 0.123. The Morgan fingerprint density at radius 3 is 1.54 bits per heavy atom. The summed E-state index contributed by atoms with van der Waals surface area (Å²) in [6.45, 7) is 24.9. The molecule has 1 unspecified atom stereocenters. The molecule has 0 fully saturated rings. The summed E-state index contributed by atoms with van der Waals surface area (Å²) in [6.07, 6.45) is 0.830. The molecular weight excluding hydrogens is 794 g/mol. The van der Waals surface area contributed by atoms with Gasteiger partial charge in [0.05, 0.1) is 0 Å². The van der Waals surface area contributed by atoms with Crippen LogP contribution in [0.2, 0.25) is 0 Å². The Morgan fingerprint density at radius 2 is 1.18 bits per heavy atom. The number of fused-ring (bicyclic) bond motifs is 3. The molecule has 0 amide bonds. The van der Waals surface area contributed by atoms with Gasteiger partial charge < -0.3 is 0 Å². The van der Waals surface area contributed by atoms with Crippen LogP contribution in [0.1, 0.15) is 122 Å². The molecule has 56 heavy (non-hydrogen) atoms. The third kappa shape index (κ3) is 14.6. The molecule has 0 saturated heterocycles. The zero-order chi connectivity index (χ0) is 42.7. The predicted molar refractivity (Wildman–Crippen MR) is 217 cm³/mol. The number of alkyl halides is 6. The van der Waals surface area contributed by atoms with Gasteiger partial charge in [-0.2, -0.15) is 122 Å². The zero-order valence-electron chi connectivity index (χ0n) is 34.8. The molecule has 0 radical (unpaired) electrons. The zero-order valence-corrected chi connectivity index (χ0v) is 37.2. The van der Waals surface area contributed by atoms with Crippen LogP contribution in [-0.2, 0) is 53.8 Å². The van der Waals surface area contributed by atoms with E-state index in [1.54, 1.807) is 0 Å². The van der Waals surface area contributed by atoms with Crippen molar-refractivity contribution in [2.24, 2.45) is 11.3 Å². The Bertz CT molecular complexity index is 1770. The van der Waals surface area contributed by atoms with Gasteiger partial charge in [0.25, 0.3) is 0 Å². The van der Waals surface area contributed by atoms with Crippen LogP contribution >= 0.6 is 0 Å². The summed E-state index contributed by atoms with van der Waals surface area (Å²) in [5.41, 5.74) is 10.6. The molecule has 0 saturated carbocycles. The molecular formula is C49H56F6Zr-4. The van der Waals surface area contributed by atoms with Gasteiger partial charge in [-0.25, -0.2) is 5.57 Å². The van der Waals surface area contributed by atoms with Crippen molar-refractivity contribution in [2.75, 3.05) is 0 Å². The van der Waals surface area contributed by atoms with Crippen molar-refractivity contribution in [3.05, 3.63) is 154 Å². The maximum atomic E-state index is 11.8. The molecule has 7 heteroatoms. The van der Waals surface area contributed by atoms with Crippen molar-refractivity contribution < 1.29 is 50.6 Å². The molecule has 0 aliphatic heterocycles. The fourth-order valence-electron chi connectivity index (χ4n) is 6.03. The van der Waals surface area contributed by atoms with E-state index in [-0.39, 0.29) is 10.8 Å². The van der Waals surface area contributed by atoms with E-state index in [9.17, 15) is 26.3 Å². The molecule has 1 atom stereocenters. The van der Waals surface area contributed by atoms with Crippen LogP contribution in [-0.4, -0.2) is 4.21 Å². The monoisotopic (exact) mass is 848 g/mol. The summed E-state index contributed by atoms with van der Waals surface area (Å²) < 4.78 is 73.9. The van der Waals surface area contributed by atoms with Crippen LogP contribution in [0.3, 0.4) is 0 Å². The number of halogens is 6. The first-order chi connectivity index (χ1) is 25.9. The molecule has 4 aromatic carbocycles. The fourth-order valence-corrected chi connectivity index (χ4v) is 6.03. The van der Waals surface area contributed by atoms with Gasteiger partial charge in [-0.1, -0.05) is 135 Å². The summed E-state index contributed by atoms with van der Waals surface area (Å²) in [4.78, 5) is 0. The average Bonchev–Trinajstić information content (AvgIpc) is 3.74. The molecule has 302 valence electrons. The van der Waals surface area contributed by atoms with E-state index >= 15 is 0 Å². The van der Waals surface area contributed by atoms with Gasteiger partial charge in [0.15, 0.2) is 0 Å². The van der Waals surface area contributed by atoms with Crippen LogP contribution < -0.4 is 0 Å². The van der Waals surface area contributed by atoms with E-state index in [1.165, 1.54) is 99.4 Å². The molecule has 0 heterocycles. The van der Waals surface area contributed by atoms with E-state index in [1.807, 2.05) is 0 Å². The summed E-state index contributed by atoms with van der Waals surface area (Å²) in [5, 5.41) is 0. The Labute approximate surface area is 347 Å². The van der Waals surface area contributed by atoms with Crippen LogP contribution in [0.5, 0.6) is 0 Å². The number of hydrogen-bond donors (Lipinski definition) is 0. The van der Waals surface area contributed by atoms with E-state index in [0.717, 1.165) is 37.1 Å². The molecule has 0 spiro atoms. The first kappa shape index (κ1) is 48.8. The Balaban J connectivity index is 0.000000268. The van der Waals surface area contributed by atoms with Gasteiger partial charge in [0.1, 0.15) is 0 Å². The normalized spacial score (nSPS) is 14.8. The maximum absolute atomic E-state index is 11.8. The molecule has 2 aliphatic carbocycles. The van der Waals surface area contributed by atoms with E-state index in [4.69, 9.17) is 0 Å². The summed E-state index contributed by atoms with van der Waals surface area (Å²) >= 11 is 1.30. The van der Waals surface area contributed by atoms with Gasteiger partial charge in [0.2, 0.25) is 0 Å². The van der Waals surface area contributed by atoms with Crippen LogP contribution in [0.4, 0.5) is 26.3 Å². The number of hydrogen-bond acceptors (Lipinski definition) is 0. The summed E-state index contributed by atoms with van der Waals surface area (Å²) in [5.74, 6) is 0.573. The van der Waals surface area contributed by atoms with Crippen molar-refractivity contribution >= 4 is 4.21 Å². The van der Waals surface area contributed by atoms with E-state index in [0.29, 0.717) is 11.3 Å². The first-order valence-electron chi connectivity index (χ1n) is 18.8. The standard InChI is InChI=1S/C21H25.C13H21.2C7H4F3.CH2.Zr/c1-20(2,3)16-7-9-18-14(12-16)11-15-13-17(21(4,5)6)8-10-19(15)18;1-6-10-8-11(7-2)12(9-10)13(3,4)5;2*8-7(9,10)6-4-2-1-3-5-6;;/h7-10,12H,11H2,1-6H3;9-10H,6-7H2,1-5H3;2*1-2,4-5H;1H2;/q4*-1;;. The average molecular weight is 850 g/mol. The molecule has 4 aromatic rings. The van der Waals surface area contributed by atoms with Crippen molar-refractivity contribution in [3.8, 4) is 11.1 Å². The minimum atomic E-state index is -4.24. The van der Waals surface area contributed by atoms with Crippen LogP contribution in [0, 0.1) is 35.6 Å². The minimum absolute atomic E-state index is 0.167. The summed E-state index contributed by atoms with van der Waals surface area (Å²) in [6, 6.07) is 29.2. The van der Waals surface area contributed by atoms with Gasteiger partial charge >= 0.3 is 40.8 Å². The fraction of sp³-hybridized carbons (Fsp3) is 0.408. The van der Waals surface area contributed by atoms with Crippen LogP contribution in [0.15, 0.2) is 96.1 Å². The van der Waals surface area contributed by atoms with Crippen molar-refractivity contribution in [1.29, 1.82) is 0 Å². The molecule has 0 bridgehead atoms. The second kappa shape index (κ2) is 20.4. The summed E-state index contributed by atoms with van der Waals surface area (Å²) in [7, 11) is 0. The van der Waals surface area contributed by atoms with Gasteiger partial charge in [-0.05, 0) is 28.4 Å². The van der Waals surface area contributed by atoms with Gasteiger partial charge in [-0.15, -0.1) is 11.1 Å². The predicted octanol–water partition coefficient (Wildman–Crippen LogP) is 14.8. The Kier molecular flexibility index (Phi) is 17.8. The SMILES string of the molecule is CC(C)(C)c1[c-]c2c(cc1)-c1ccc(C(C)(C)C)cc1C2.CCC1=[C-]C(CC)C=C1C(C)(C)C.FC(F)(F)c1c[c-]ccc1.FC(F)(F)c1c[c-]ccc1.[CH2]=[Zr]. The van der Waals surface area contributed by atoms with Crippen molar-refractivity contribution in [2.45, 2.75) is 119 Å². The van der Waals surface area contributed by atoms with E-state index < -0.39 is 23.5 Å². The Morgan fingerprint density at radius 1 is 0.661 bits per heavy atom. The van der Waals surface area contributed by atoms with Crippen molar-refractivity contribution in [1.82, 2.24) is 0 Å². The molecule has 6 rings (SSSR count). The topological polar surface area (TPSA) is 0 Å². The van der Waals surface area contributed by atoms with Gasteiger partial charge in [-0.3, -0.25) is 6.08 Å². The number of rotatable bonds is 2. The number of allylic oxidation sites excluding steroid dienone is 4. The third-order valence-electron chi connectivity index (χ3n) is 9.19. The van der Waals surface area contributed by atoms with E-state index in [2.05, 4.69) is 141 Å². The number of benzene rings is 4. The molecule has 0 N–H and O–H groups in total.